The van der Waals surface area contributed by atoms with Crippen LogP contribution in [-0.4, -0.2) is 40.5 Å². The van der Waals surface area contributed by atoms with Crippen molar-refractivity contribution in [2.45, 2.75) is 70.8 Å². The van der Waals surface area contributed by atoms with E-state index in [-0.39, 0.29) is 0 Å². The maximum Gasteiger partial charge on any atom is 0.391 e. The minimum Gasteiger partial charge on any atom is -0.340 e. The lowest BCUT2D eigenvalue weighted by Crippen LogP contribution is -2.71. The summed E-state index contributed by atoms with van der Waals surface area (Å²) in [4.78, 5) is 25.6. The normalized spacial score (nSPS) is 24.6. The molecule has 0 spiro atoms. The van der Waals surface area contributed by atoms with Gasteiger partial charge in [-0.15, -0.1) is 0 Å². The van der Waals surface area contributed by atoms with Crippen LogP contribution in [0.25, 0.3) is 0 Å². The highest BCUT2D eigenvalue weighted by molar-refractivity contribution is 5.99. The van der Waals surface area contributed by atoms with Gasteiger partial charge in [0.15, 0.2) is 0 Å². The molecule has 0 aromatic rings. The third-order valence-corrected chi connectivity index (χ3v) is 4.01. The zero-order valence-corrected chi connectivity index (χ0v) is 12.2. The third kappa shape index (κ3) is 3.07. The predicted molar refractivity (Wildman–Crippen MR) is 67.9 cm³/mol. The number of hydrogen-bond acceptors (Lipinski definition) is 2. The molecule has 20 heavy (non-hydrogen) atoms. The molecule has 0 aliphatic carbocycles. The fourth-order valence-corrected chi connectivity index (χ4v) is 2.69. The van der Waals surface area contributed by atoms with Crippen LogP contribution in [0.15, 0.2) is 0 Å². The van der Waals surface area contributed by atoms with Gasteiger partial charge in [0.25, 0.3) is 0 Å². The molecule has 4 nitrogen and oxygen atoms in total. The average Bonchev–Trinajstić information content (AvgIpc) is 2.32. The van der Waals surface area contributed by atoms with Gasteiger partial charge in [0.1, 0.15) is 11.6 Å². The number of alkyl halides is 3. The van der Waals surface area contributed by atoms with Gasteiger partial charge in [0.05, 0.1) is 6.42 Å². The Morgan fingerprint density at radius 1 is 1.30 bits per heavy atom. The highest BCUT2D eigenvalue weighted by Crippen LogP contribution is 2.30. The Balaban J connectivity index is 3.08. The molecule has 2 atom stereocenters. The van der Waals surface area contributed by atoms with Crippen LogP contribution in [0.1, 0.15) is 47.0 Å². The van der Waals surface area contributed by atoms with Crippen molar-refractivity contribution in [3.8, 4) is 0 Å². The van der Waals surface area contributed by atoms with Crippen LogP contribution >= 0.6 is 0 Å². The van der Waals surface area contributed by atoms with Crippen molar-refractivity contribution in [2.75, 3.05) is 0 Å². The fourth-order valence-electron chi connectivity index (χ4n) is 2.69. The zero-order valence-electron chi connectivity index (χ0n) is 12.2. The van der Waals surface area contributed by atoms with Gasteiger partial charge in [-0.2, -0.15) is 13.2 Å². The smallest absolute Gasteiger partial charge is 0.340 e. The summed E-state index contributed by atoms with van der Waals surface area (Å²) in [5, 5.41) is 2.67. The lowest BCUT2D eigenvalue weighted by Gasteiger charge is -2.47. The number of nitrogens with one attached hydrogen (secondary N) is 1. The molecule has 1 saturated heterocycles. The first-order chi connectivity index (χ1) is 9.08. The monoisotopic (exact) mass is 294 g/mol. The predicted octanol–water partition coefficient (Wildman–Crippen LogP) is 2.23. The first-order valence-electron chi connectivity index (χ1n) is 6.79. The minimum absolute atomic E-state index is 0.357. The molecule has 1 N–H and O–H groups in total. The summed E-state index contributed by atoms with van der Waals surface area (Å²) in [5.74, 6) is -0.825. The molecule has 0 bridgehead atoms. The number of rotatable bonds is 4. The molecule has 1 aliphatic rings. The molecule has 2 unspecified atom stereocenters. The molecule has 0 aromatic heterocycles. The quantitative estimate of drug-likeness (QED) is 0.864. The molecule has 1 heterocycles. The highest BCUT2D eigenvalue weighted by Gasteiger charge is 2.50. The molecule has 2 amide bonds. The van der Waals surface area contributed by atoms with Gasteiger partial charge in [0.2, 0.25) is 11.8 Å². The van der Waals surface area contributed by atoms with E-state index in [2.05, 4.69) is 5.32 Å². The molecular formula is C13H21F3N2O2. The highest BCUT2D eigenvalue weighted by atomic mass is 19.4. The number of hydrogen-bond donors (Lipinski definition) is 1. The molecule has 0 saturated carbocycles. The van der Waals surface area contributed by atoms with Gasteiger partial charge in [-0.1, -0.05) is 13.8 Å². The van der Waals surface area contributed by atoms with Crippen LogP contribution in [0, 0.1) is 0 Å². The van der Waals surface area contributed by atoms with Crippen molar-refractivity contribution < 1.29 is 22.8 Å². The second-order valence-electron chi connectivity index (χ2n) is 5.34. The summed E-state index contributed by atoms with van der Waals surface area (Å²) in [6.07, 6.45) is -4.76. The van der Waals surface area contributed by atoms with Gasteiger partial charge in [-0.25, -0.2) is 0 Å². The molecule has 1 aliphatic heterocycles. The van der Waals surface area contributed by atoms with Gasteiger partial charge in [-0.05, 0) is 26.7 Å². The summed E-state index contributed by atoms with van der Waals surface area (Å²) in [6.45, 7) is 6.26. The van der Waals surface area contributed by atoms with Crippen LogP contribution in [0.5, 0.6) is 0 Å². The summed E-state index contributed by atoms with van der Waals surface area (Å²) in [7, 11) is 0. The molecule has 0 radical (unpaired) electrons. The number of piperazine rings is 1. The second kappa shape index (κ2) is 5.61. The standard InChI is InChI=1S/C13H21F3N2O2/c1-5-12(6-2)11(20)18(9(4)10(19)17-12)8(3)7-13(14,15)16/h8-9H,5-7H2,1-4H3,(H,17,19). The number of amides is 2. The Morgan fingerprint density at radius 2 is 1.80 bits per heavy atom. The third-order valence-electron chi connectivity index (χ3n) is 4.01. The molecule has 0 aromatic carbocycles. The fraction of sp³-hybridized carbons (Fsp3) is 0.846. The lowest BCUT2D eigenvalue weighted by molar-refractivity contribution is -0.169. The first-order valence-corrected chi connectivity index (χ1v) is 6.79. The number of nitrogens with zero attached hydrogens (tertiary/aromatic N) is 1. The van der Waals surface area contributed by atoms with Crippen molar-refractivity contribution >= 4 is 11.8 Å². The van der Waals surface area contributed by atoms with Crippen molar-refractivity contribution in [1.29, 1.82) is 0 Å². The Bertz CT molecular complexity index is 392. The number of halogens is 3. The SMILES string of the molecule is CCC1(CC)NC(=O)C(C)N(C(C)CC(F)(F)F)C1=O. The van der Waals surface area contributed by atoms with Gasteiger partial charge >= 0.3 is 6.18 Å². The van der Waals surface area contributed by atoms with E-state index in [1.54, 1.807) is 13.8 Å². The molecule has 116 valence electrons. The van der Waals surface area contributed by atoms with E-state index in [4.69, 9.17) is 0 Å². The van der Waals surface area contributed by atoms with E-state index in [9.17, 15) is 22.8 Å². The van der Waals surface area contributed by atoms with E-state index < -0.39 is 42.0 Å². The Labute approximate surface area is 116 Å². The van der Waals surface area contributed by atoms with E-state index in [0.29, 0.717) is 12.8 Å². The molecule has 1 fully saturated rings. The maximum atomic E-state index is 12.5. The van der Waals surface area contributed by atoms with Crippen molar-refractivity contribution in [3.63, 3.8) is 0 Å². The van der Waals surface area contributed by atoms with Crippen molar-refractivity contribution in [2.24, 2.45) is 0 Å². The van der Waals surface area contributed by atoms with Gasteiger partial charge in [0, 0.05) is 6.04 Å². The van der Waals surface area contributed by atoms with Crippen LogP contribution in [-0.2, 0) is 9.59 Å². The topological polar surface area (TPSA) is 49.4 Å². The van der Waals surface area contributed by atoms with E-state index in [0.717, 1.165) is 4.90 Å². The zero-order chi connectivity index (χ0) is 15.7. The maximum absolute atomic E-state index is 12.5. The van der Waals surface area contributed by atoms with Crippen LogP contribution < -0.4 is 5.32 Å². The lowest BCUT2D eigenvalue weighted by atomic mass is 9.86. The Kier molecular flexibility index (Phi) is 4.71. The Hall–Kier alpha value is -1.27. The van der Waals surface area contributed by atoms with E-state index in [1.165, 1.54) is 13.8 Å². The van der Waals surface area contributed by atoms with Gasteiger partial charge < -0.3 is 10.2 Å². The largest absolute Gasteiger partial charge is 0.391 e. The van der Waals surface area contributed by atoms with Crippen LogP contribution in [0.3, 0.4) is 0 Å². The minimum atomic E-state index is -4.37. The van der Waals surface area contributed by atoms with Crippen LogP contribution in [0.4, 0.5) is 13.2 Å². The summed E-state index contributed by atoms with van der Waals surface area (Å²) < 4.78 is 37.6. The van der Waals surface area contributed by atoms with E-state index in [1.807, 2.05) is 0 Å². The number of carbonyl (C=O) groups excluding carboxylic acids is 2. The van der Waals surface area contributed by atoms with Crippen molar-refractivity contribution in [3.05, 3.63) is 0 Å². The van der Waals surface area contributed by atoms with Crippen molar-refractivity contribution in [1.82, 2.24) is 10.2 Å². The summed E-state index contributed by atoms with van der Waals surface area (Å²) in [5.41, 5.74) is -1.08. The molecule has 1 rings (SSSR count). The summed E-state index contributed by atoms with van der Waals surface area (Å²) in [6, 6.07) is -1.94. The first kappa shape index (κ1) is 16.8. The summed E-state index contributed by atoms with van der Waals surface area (Å²) >= 11 is 0. The average molecular weight is 294 g/mol. The van der Waals surface area contributed by atoms with Gasteiger partial charge in [-0.3, -0.25) is 9.59 Å². The van der Waals surface area contributed by atoms with Crippen LogP contribution in [0.2, 0.25) is 0 Å². The number of carbonyl (C=O) groups is 2. The van der Waals surface area contributed by atoms with E-state index >= 15 is 0 Å². The molecule has 7 heteroatoms. The second-order valence-corrected chi connectivity index (χ2v) is 5.34. The molecular weight excluding hydrogens is 273 g/mol. The Morgan fingerprint density at radius 3 is 2.20 bits per heavy atom.